The Labute approximate surface area is 254 Å². The van der Waals surface area contributed by atoms with E-state index >= 15 is 0 Å². The lowest BCUT2D eigenvalue weighted by molar-refractivity contribution is -0.252. The summed E-state index contributed by atoms with van der Waals surface area (Å²) in [4.78, 5) is 2.43. The van der Waals surface area contributed by atoms with Crippen LogP contribution in [0.1, 0.15) is 41.1 Å². The van der Waals surface area contributed by atoms with Gasteiger partial charge < -0.3 is 19.5 Å². The van der Waals surface area contributed by atoms with E-state index in [4.69, 9.17) is 9.47 Å². The third kappa shape index (κ3) is 8.06. The number of nitrogens with one attached hydrogen (secondary N) is 1. The molecule has 1 aliphatic heterocycles. The number of hydrogen-bond donors (Lipinski definition) is 2. The first-order valence-electron chi connectivity index (χ1n) is 14.4. The average molecular weight is 599 g/mol. The highest BCUT2D eigenvalue weighted by atomic mass is 32.2. The van der Waals surface area contributed by atoms with Crippen molar-refractivity contribution in [3.05, 3.63) is 138 Å². The molecule has 2 N–H and O–H groups in total. The zero-order valence-corrected chi connectivity index (χ0v) is 25.1. The van der Waals surface area contributed by atoms with Crippen molar-refractivity contribution in [2.45, 2.75) is 43.0 Å². The summed E-state index contributed by atoms with van der Waals surface area (Å²) < 4.78 is 40.9. The molecule has 0 spiro atoms. The molecule has 4 aromatic rings. The van der Waals surface area contributed by atoms with E-state index in [1.807, 2.05) is 78.9 Å². The molecule has 7 nitrogen and oxygen atoms in total. The number of ether oxygens (including phenoxy) is 2. The lowest BCUT2D eigenvalue weighted by Gasteiger charge is -2.37. The SMILES string of the molecule is C=CCN(C)CC1CC(c2ccc(CO)cc2)OC(c2ccc(-c3cccc(CNS(=O)(=O)c4ccccc4)c3)cc2)O1. The first-order chi connectivity index (χ1) is 20.8. The van der Waals surface area contributed by atoms with E-state index in [9.17, 15) is 13.5 Å². The van der Waals surface area contributed by atoms with Crippen molar-refractivity contribution in [1.29, 1.82) is 0 Å². The molecule has 0 radical (unpaired) electrons. The standard InChI is InChI=1S/C35H38N2O5S/c1-3-20-37(2)24-32-22-34(29-14-12-26(25-38)13-15-29)42-35(41-32)30-18-16-28(17-19-30)31-9-7-8-27(21-31)23-36-43(39,40)33-10-5-4-6-11-33/h3-19,21,32,34-36,38H,1,20,22-25H2,2H3. The Morgan fingerprint density at radius 2 is 1.60 bits per heavy atom. The molecule has 0 aromatic heterocycles. The largest absolute Gasteiger partial charge is 0.392 e. The predicted molar refractivity (Wildman–Crippen MR) is 168 cm³/mol. The molecule has 43 heavy (non-hydrogen) atoms. The number of likely N-dealkylation sites (N-methyl/N-ethyl adjacent to an activating group) is 1. The van der Waals surface area contributed by atoms with E-state index < -0.39 is 16.3 Å². The maximum Gasteiger partial charge on any atom is 0.240 e. The van der Waals surface area contributed by atoms with Crippen LogP contribution in [0.2, 0.25) is 0 Å². The normalized spacial score (nSPS) is 18.9. The molecule has 0 aliphatic carbocycles. The van der Waals surface area contributed by atoms with E-state index in [1.54, 1.807) is 30.3 Å². The van der Waals surface area contributed by atoms with Gasteiger partial charge in [0.2, 0.25) is 10.0 Å². The van der Waals surface area contributed by atoms with Crippen LogP contribution in [-0.4, -0.2) is 44.7 Å². The Bertz CT molecular complexity index is 1590. The number of aliphatic hydroxyl groups is 1. The summed E-state index contributed by atoms with van der Waals surface area (Å²) in [6, 6.07) is 32.2. The molecular weight excluding hydrogens is 560 g/mol. The molecule has 8 heteroatoms. The van der Waals surface area contributed by atoms with Crippen molar-refractivity contribution in [2.24, 2.45) is 0 Å². The third-order valence-electron chi connectivity index (χ3n) is 7.53. The van der Waals surface area contributed by atoms with Gasteiger partial charge in [0.1, 0.15) is 0 Å². The van der Waals surface area contributed by atoms with Crippen LogP contribution >= 0.6 is 0 Å². The smallest absolute Gasteiger partial charge is 0.240 e. The molecule has 3 atom stereocenters. The summed E-state index contributed by atoms with van der Waals surface area (Å²) >= 11 is 0. The lowest BCUT2D eigenvalue weighted by atomic mass is 9.99. The zero-order valence-electron chi connectivity index (χ0n) is 24.3. The van der Waals surface area contributed by atoms with Crippen molar-refractivity contribution in [1.82, 2.24) is 9.62 Å². The van der Waals surface area contributed by atoms with Crippen molar-refractivity contribution in [3.63, 3.8) is 0 Å². The van der Waals surface area contributed by atoms with Crippen molar-refractivity contribution in [2.75, 3.05) is 20.1 Å². The fraction of sp³-hybridized carbons (Fsp3) is 0.257. The first-order valence-corrected chi connectivity index (χ1v) is 15.9. The van der Waals surface area contributed by atoms with E-state index in [0.29, 0.717) is 0 Å². The fourth-order valence-electron chi connectivity index (χ4n) is 5.23. The number of sulfonamides is 1. The highest BCUT2D eigenvalue weighted by Gasteiger charge is 2.32. The molecule has 5 rings (SSSR count). The second kappa shape index (κ2) is 14.2. The summed E-state index contributed by atoms with van der Waals surface area (Å²) in [6.45, 7) is 5.56. The predicted octanol–water partition coefficient (Wildman–Crippen LogP) is 5.99. The molecular formula is C35H38N2O5S. The van der Waals surface area contributed by atoms with Gasteiger partial charge in [0.15, 0.2) is 6.29 Å². The second-order valence-electron chi connectivity index (χ2n) is 10.8. The van der Waals surface area contributed by atoms with Crippen LogP contribution < -0.4 is 4.72 Å². The summed E-state index contributed by atoms with van der Waals surface area (Å²) in [6.07, 6.45) is 1.88. The van der Waals surface area contributed by atoms with Crippen LogP contribution in [0.3, 0.4) is 0 Å². The Morgan fingerprint density at radius 3 is 2.30 bits per heavy atom. The van der Waals surface area contributed by atoms with Crippen LogP contribution in [-0.2, 0) is 32.6 Å². The second-order valence-corrected chi connectivity index (χ2v) is 12.6. The van der Waals surface area contributed by atoms with E-state index in [1.165, 1.54) is 0 Å². The minimum atomic E-state index is -3.59. The van der Waals surface area contributed by atoms with Gasteiger partial charge in [-0.2, -0.15) is 0 Å². The molecule has 4 aromatic carbocycles. The number of hydrogen-bond acceptors (Lipinski definition) is 6. The van der Waals surface area contributed by atoms with E-state index in [2.05, 4.69) is 23.2 Å². The summed E-state index contributed by atoms with van der Waals surface area (Å²) in [5, 5.41) is 9.45. The quantitative estimate of drug-likeness (QED) is 0.195. The fourth-order valence-corrected chi connectivity index (χ4v) is 6.27. The van der Waals surface area contributed by atoms with Gasteiger partial charge in [-0.15, -0.1) is 6.58 Å². The zero-order chi connectivity index (χ0) is 30.2. The topological polar surface area (TPSA) is 88.1 Å². The number of benzene rings is 4. The van der Waals surface area contributed by atoms with Gasteiger partial charge in [0.05, 0.1) is 23.7 Å². The molecule has 0 bridgehead atoms. The van der Waals surface area contributed by atoms with Crippen molar-refractivity contribution >= 4 is 10.0 Å². The van der Waals surface area contributed by atoms with Crippen molar-refractivity contribution < 1.29 is 23.0 Å². The maximum atomic E-state index is 12.7. The summed E-state index contributed by atoms with van der Waals surface area (Å²) in [5.74, 6) is 0. The molecule has 1 heterocycles. The van der Waals surface area contributed by atoms with Gasteiger partial charge in [0.25, 0.3) is 0 Å². The van der Waals surface area contributed by atoms with Crippen LogP contribution in [0.25, 0.3) is 11.1 Å². The maximum absolute atomic E-state index is 12.7. The van der Waals surface area contributed by atoms with Crippen LogP contribution in [0.4, 0.5) is 0 Å². The van der Waals surface area contributed by atoms with Gasteiger partial charge in [0, 0.05) is 31.6 Å². The van der Waals surface area contributed by atoms with E-state index in [0.717, 1.165) is 52.9 Å². The molecule has 224 valence electrons. The molecule has 0 saturated carbocycles. The van der Waals surface area contributed by atoms with Gasteiger partial charge in [-0.3, -0.25) is 0 Å². The Hall–Kier alpha value is -3.63. The van der Waals surface area contributed by atoms with Gasteiger partial charge in [-0.25, -0.2) is 13.1 Å². The molecule has 1 aliphatic rings. The van der Waals surface area contributed by atoms with Crippen LogP contribution in [0.15, 0.2) is 121 Å². The monoisotopic (exact) mass is 598 g/mol. The third-order valence-corrected chi connectivity index (χ3v) is 8.95. The average Bonchev–Trinajstić information content (AvgIpc) is 3.04. The Kier molecular flexibility index (Phi) is 10.2. The van der Waals surface area contributed by atoms with E-state index in [-0.39, 0.29) is 30.3 Å². The molecule has 0 amide bonds. The number of nitrogens with zero attached hydrogens (tertiary/aromatic N) is 1. The number of rotatable bonds is 12. The van der Waals surface area contributed by atoms with Crippen LogP contribution in [0, 0.1) is 0 Å². The van der Waals surface area contributed by atoms with Gasteiger partial charge >= 0.3 is 0 Å². The Morgan fingerprint density at radius 1 is 0.884 bits per heavy atom. The summed E-state index contributed by atoms with van der Waals surface area (Å²) in [5.41, 5.74) is 5.69. The molecule has 1 fully saturated rings. The summed E-state index contributed by atoms with van der Waals surface area (Å²) in [7, 11) is -1.54. The molecule has 1 saturated heterocycles. The van der Waals surface area contributed by atoms with Crippen molar-refractivity contribution in [3.8, 4) is 11.1 Å². The first kappa shape index (κ1) is 30.8. The highest BCUT2D eigenvalue weighted by Crippen LogP contribution is 2.38. The number of aliphatic hydroxyl groups excluding tert-OH is 1. The van der Waals surface area contributed by atoms with Gasteiger partial charge in [-0.1, -0.05) is 91.0 Å². The lowest BCUT2D eigenvalue weighted by Crippen LogP contribution is -2.37. The van der Waals surface area contributed by atoms with Crippen LogP contribution in [0.5, 0.6) is 0 Å². The minimum Gasteiger partial charge on any atom is -0.392 e. The minimum absolute atomic E-state index is 0.00503. The molecule has 3 unspecified atom stereocenters. The van der Waals surface area contributed by atoms with Gasteiger partial charge in [-0.05, 0) is 53.1 Å². The highest BCUT2D eigenvalue weighted by molar-refractivity contribution is 7.89. The Balaban J connectivity index is 1.30.